The zero-order valence-electron chi connectivity index (χ0n) is 14.4. The average molecular weight is 350 g/mol. The highest BCUT2D eigenvalue weighted by Crippen LogP contribution is 2.38. The molecule has 0 unspecified atom stereocenters. The van der Waals surface area contributed by atoms with Gasteiger partial charge in [-0.3, -0.25) is 9.55 Å². The van der Waals surface area contributed by atoms with E-state index in [4.69, 9.17) is 4.98 Å². The Hall–Kier alpha value is -2.54. The van der Waals surface area contributed by atoms with Gasteiger partial charge in [0.25, 0.3) is 0 Å². The zero-order chi connectivity index (χ0) is 17.1. The number of thiazole rings is 1. The lowest BCUT2D eigenvalue weighted by Crippen LogP contribution is -2.00. The SMILES string of the molecule is Cc1nnn(C2CC2)c1-c1cc2sc(-n3c(C)ccc3C)nc2cn1. The van der Waals surface area contributed by atoms with Crippen LogP contribution >= 0.6 is 11.3 Å². The Morgan fingerprint density at radius 3 is 2.60 bits per heavy atom. The van der Waals surface area contributed by atoms with Crippen LogP contribution in [0.4, 0.5) is 0 Å². The third kappa shape index (κ3) is 2.30. The number of rotatable bonds is 3. The molecule has 0 spiro atoms. The molecular weight excluding hydrogens is 332 g/mol. The van der Waals surface area contributed by atoms with Gasteiger partial charge in [0.05, 0.1) is 28.3 Å². The Morgan fingerprint density at radius 2 is 1.88 bits per heavy atom. The first-order valence-electron chi connectivity index (χ1n) is 8.46. The van der Waals surface area contributed by atoms with Gasteiger partial charge in [-0.05, 0) is 51.8 Å². The van der Waals surface area contributed by atoms with Crippen LogP contribution < -0.4 is 0 Å². The van der Waals surface area contributed by atoms with Gasteiger partial charge in [-0.2, -0.15) is 0 Å². The van der Waals surface area contributed by atoms with E-state index in [9.17, 15) is 0 Å². The molecular formula is C18H18N6S. The predicted molar refractivity (Wildman–Crippen MR) is 98.2 cm³/mol. The van der Waals surface area contributed by atoms with Crippen molar-refractivity contribution in [2.24, 2.45) is 0 Å². The van der Waals surface area contributed by atoms with Crippen LogP contribution in [0.2, 0.25) is 0 Å². The third-order valence-electron chi connectivity index (χ3n) is 4.72. The predicted octanol–water partition coefficient (Wildman–Crippen LogP) is 4.00. The van der Waals surface area contributed by atoms with Crippen LogP contribution in [0.3, 0.4) is 0 Å². The Kier molecular flexibility index (Phi) is 3.09. The number of pyridine rings is 1. The monoisotopic (exact) mass is 350 g/mol. The summed E-state index contributed by atoms with van der Waals surface area (Å²) >= 11 is 1.69. The summed E-state index contributed by atoms with van der Waals surface area (Å²) in [4.78, 5) is 9.43. The van der Waals surface area contributed by atoms with Crippen molar-refractivity contribution in [1.82, 2.24) is 29.5 Å². The minimum Gasteiger partial charge on any atom is -0.295 e. The number of nitrogens with zero attached hydrogens (tertiary/aromatic N) is 6. The van der Waals surface area contributed by atoms with Gasteiger partial charge < -0.3 is 0 Å². The average Bonchev–Trinajstić information content (AvgIpc) is 3.11. The van der Waals surface area contributed by atoms with Gasteiger partial charge in [0.15, 0.2) is 5.13 Å². The minimum absolute atomic E-state index is 0.482. The molecule has 0 radical (unpaired) electrons. The number of hydrogen-bond donors (Lipinski definition) is 0. The summed E-state index contributed by atoms with van der Waals surface area (Å²) in [7, 11) is 0. The van der Waals surface area contributed by atoms with Crippen molar-refractivity contribution in [3.63, 3.8) is 0 Å². The largest absolute Gasteiger partial charge is 0.295 e. The molecule has 126 valence electrons. The maximum absolute atomic E-state index is 4.77. The van der Waals surface area contributed by atoms with E-state index >= 15 is 0 Å². The van der Waals surface area contributed by atoms with Crippen molar-refractivity contribution >= 4 is 21.6 Å². The highest BCUT2D eigenvalue weighted by molar-refractivity contribution is 7.20. The summed E-state index contributed by atoms with van der Waals surface area (Å²) in [6, 6.07) is 6.84. The molecule has 0 bridgehead atoms. The quantitative estimate of drug-likeness (QED) is 0.560. The summed E-state index contributed by atoms with van der Waals surface area (Å²) in [5.74, 6) is 0. The highest BCUT2D eigenvalue weighted by atomic mass is 32.1. The van der Waals surface area contributed by atoms with Crippen molar-refractivity contribution in [1.29, 1.82) is 0 Å². The van der Waals surface area contributed by atoms with Gasteiger partial charge in [-0.25, -0.2) is 9.67 Å². The zero-order valence-corrected chi connectivity index (χ0v) is 15.2. The fourth-order valence-corrected chi connectivity index (χ4v) is 4.36. The van der Waals surface area contributed by atoms with Crippen LogP contribution in [0.5, 0.6) is 0 Å². The molecule has 0 N–H and O–H groups in total. The van der Waals surface area contributed by atoms with Gasteiger partial charge in [0, 0.05) is 11.4 Å². The van der Waals surface area contributed by atoms with Crippen molar-refractivity contribution in [3.05, 3.63) is 41.5 Å². The van der Waals surface area contributed by atoms with E-state index < -0.39 is 0 Å². The van der Waals surface area contributed by atoms with E-state index in [0.717, 1.165) is 32.4 Å². The van der Waals surface area contributed by atoms with Crippen molar-refractivity contribution < 1.29 is 0 Å². The Balaban J connectivity index is 1.65. The first-order chi connectivity index (χ1) is 12.1. The molecule has 0 amide bonds. The standard InChI is InChI=1S/C18H18N6S/c1-10-4-5-11(2)23(10)18-20-15-9-19-14(8-16(15)25-18)17-12(3)21-22-24(17)13-6-7-13/h4-5,8-9,13H,6-7H2,1-3H3. The Labute approximate surface area is 149 Å². The van der Waals surface area contributed by atoms with E-state index in [1.165, 1.54) is 24.2 Å². The molecule has 25 heavy (non-hydrogen) atoms. The van der Waals surface area contributed by atoms with Crippen LogP contribution in [-0.4, -0.2) is 29.5 Å². The smallest absolute Gasteiger partial charge is 0.195 e. The first-order valence-corrected chi connectivity index (χ1v) is 9.27. The van der Waals surface area contributed by atoms with E-state index in [1.54, 1.807) is 11.3 Å². The molecule has 1 aliphatic carbocycles. The van der Waals surface area contributed by atoms with Crippen LogP contribution in [0, 0.1) is 20.8 Å². The number of aromatic nitrogens is 6. The minimum atomic E-state index is 0.482. The topological polar surface area (TPSA) is 61.4 Å². The molecule has 6 nitrogen and oxygen atoms in total. The number of aryl methyl sites for hydroxylation is 3. The lowest BCUT2D eigenvalue weighted by molar-refractivity contribution is 0.615. The van der Waals surface area contributed by atoms with E-state index in [2.05, 4.69) is 51.9 Å². The van der Waals surface area contributed by atoms with E-state index in [1.807, 2.05) is 17.8 Å². The normalized spacial score (nSPS) is 14.5. The first kappa shape index (κ1) is 14.8. The molecule has 0 saturated heterocycles. The van der Waals surface area contributed by atoms with Gasteiger partial charge >= 0.3 is 0 Å². The van der Waals surface area contributed by atoms with Gasteiger partial charge in [-0.15, -0.1) is 5.10 Å². The summed E-state index contributed by atoms with van der Waals surface area (Å²) < 4.78 is 5.35. The second-order valence-electron chi connectivity index (χ2n) is 6.68. The highest BCUT2D eigenvalue weighted by Gasteiger charge is 2.29. The molecule has 0 atom stereocenters. The lowest BCUT2D eigenvalue weighted by Gasteiger charge is -2.04. The number of fused-ring (bicyclic) bond motifs is 1. The van der Waals surface area contributed by atoms with Crippen LogP contribution in [-0.2, 0) is 0 Å². The molecule has 1 fully saturated rings. The molecule has 7 heteroatoms. The molecule has 0 aliphatic heterocycles. The summed E-state index contributed by atoms with van der Waals surface area (Å²) in [5, 5.41) is 9.56. The molecule has 5 rings (SSSR count). The Bertz CT molecular complexity index is 1080. The van der Waals surface area contributed by atoms with Gasteiger partial charge in [0.1, 0.15) is 11.2 Å². The molecule has 4 aromatic heterocycles. The fraction of sp³-hybridized carbons (Fsp3) is 0.333. The fourth-order valence-electron chi connectivity index (χ4n) is 3.27. The van der Waals surface area contributed by atoms with Crippen LogP contribution in [0.25, 0.3) is 26.7 Å². The number of hydrogen-bond acceptors (Lipinski definition) is 5. The van der Waals surface area contributed by atoms with Crippen LogP contribution in [0.15, 0.2) is 24.4 Å². The van der Waals surface area contributed by atoms with Crippen molar-refractivity contribution in [2.75, 3.05) is 0 Å². The van der Waals surface area contributed by atoms with Gasteiger partial charge in [-0.1, -0.05) is 16.6 Å². The second kappa shape index (κ2) is 5.23. The summed E-state index contributed by atoms with van der Waals surface area (Å²) in [5.41, 5.74) is 6.21. The van der Waals surface area contributed by atoms with Crippen molar-refractivity contribution in [3.8, 4) is 16.5 Å². The molecule has 4 heterocycles. The molecule has 4 aromatic rings. The maximum Gasteiger partial charge on any atom is 0.195 e. The molecule has 1 saturated carbocycles. The van der Waals surface area contributed by atoms with E-state index in [-0.39, 0.29) is 0 Å². The summed E-state index contributed by atoms with van der Waals surface area (Å²) in [6.07, 6.45) is 4.21. The maximum atomic E-state index is 4.77. The lowest BCUT2D eigenvalue weighted by atomic mass is 10.2. The molecule has 0 aromatic carbocycles. The van der Waals surface area contributed by atoms with Gasteiger partial charge in [0.2, 0.25) is 0 Å². The molecule has 1 aliphatic rings. The van der Waals surface area contributed by atoms with Crippen molar-refractivity contribution in [2.45, 2.75) is 39.7 Å². The summed E-state index contributed by atoms with van der Waals surface area (Å²) in [6.45, 7) is 6.20. The van der Waals surface area contributed by atoms with Crippen LogP contribution in [0.1, 0.15) is 36.0 Å². The third-order valence-corrected chi connectivity index (χ3v) is 5.73. The van der Waals surface area contributed by atoms with E-state index in [0.29, 0.717) is 6.04 Å². The second-order valence-corrected chi connectivity index (χ2v) is 7.69. The Morgan fingerprint density at radius 1 is 1.12 bits per heavy atom.